The standard InChI is InChI=1S/C9H9BrO4/c10-5-14-8-3-6(4-9(12)13)1-2-7(8)11/h1-3,11H,4-5H2,(H,12,13). The SMILES string of the molecule is O=C(O)Cc1ccc(O)c(OCBr)c1. The molecule has 0 heterocycles. The van der Waals surface area contributed by atoms with E-state index in [1.54, 1.807) is 6.07 Å². The van der Waals surface area contributed by atoms with E-state index in [-0.39, 0.29) is 23.4 Å². The first-order valence-electron chi connectivity index (χ1n) is 3.86. The molecule has 1 aromatic carbocycles. The van der Waals surface area contributed by atoms with Gasteiger partial charge < -0.3 is 14.9 Å². The number of carboxylic acid groups (broad SMARTS) is 1. The number of hydrogen-bond acceptors (Lipinski definition) is 3. The molecule has 4 nitrogen and oxygen atoms in total. The maximum absolute atomic E-state index is 10.4. The Hall–Kier alpha value is -1.23. The maximum Gasteiger partial charge on any atom is 0.307 e. The van der Waals surface area contributed by atoms with Crippen molar-refractivity contribution in [2.45, 2.75) is 6.42 Å². The second kappa shape index (κ2) is 4.85. The van der Waals surface area contributed by atoms with Crippen molar-refractivity contribution < 1.29 is 19.7 Å². The van der Waals surface area contributed by atoms with Gasteiger partial charge >= 0.3 is 5.97 Å². The van der Waals surface area contributed by atoms with Gasteiger partial charge in [-0.1, -0.05) is 6.07 Å². The summed E-state index contributed by atoms with van der Waals surface area (Å²) in [4.78, 5) is 10.4. The molecular formula is C9H9BrO4. The van der Waals surface area contributed by atoms with Crippen LogP contribution in [0.3, 0.4) is 0 Å². The van der Waals surface area contributed by atoms with Crippen LogP contribution in [0.5, 0.6) is 11.5 Å². The average Bonchev–Trinajstić information content (AvgIpc) is 2.10. The molecule has 0 unspecified atom stereocenters. The minimum atomic E-state index is -0.916. The molecule has 0 aromatic heterocycles. The van der Waals surface area contributed by atoms with Crippen molar-refractivity contribution in [2.24, 2.45) is 0 Å². The van der Waals surface area contributed by atoms with Crippen LogP contribution in [0.25, 0.3) is 0 Å². The fourth-order valence-electron chi connectivity index (χ4n) is 1.02. The summed E-state index contributed by atoms with van der Waals surface area (Å²) in [6.45, 7) is 0. The molecule has 0 atom stereocenters. The van der Waals surface area contributed by atoms with Crippen molar-refractivity contribution in [3.63, 3.8) is 0 Å². The third-order valence-corrected chi connectivity index (χ3v) is 1.82. The molecule has 0 aliphatic rings. The number of hydrogen-bond donors (Lipinski definition) is 2. The molecule has 1 rings (SSSR count). The summed E-state index contributed by atoms with van der Waals surface area (Å²) in [5.41, 5.74) is 0.836. The quantitative estimate of drug-likeness (QED) is 0.810. The van der Waals surface area contributed by atoms with Crippen LogP contribution < -0.4 is 4.74 Å². The molecule has 0 radical (unpaired) electrons. The number of carboxylic acids is 1. The van der Waals surface area contributed by atoms with Crippen LogP contribution in [0.2, 0.25) is 0 Å². The summed E-state index contributed by atoms with van der Waals surface area (Å²) < 4.78 is 5.03. The maximum atomic E-state index is 10.4. The summed E-state index contributed by atoms with van der Waals surface area (Å²) in [5.74, 6) is -0.639. The Morgan fingerprint density at radius 3 is 2.79 bits per heavy atom. The van der Waals surface area contributed by atoms with Crippen molar-refractivity contribution in [3.8, 4) is 11.5 Å². The average molecular weight is 261 g/mol. The third-order valence-electron chi connectivity index (χ3n) is 1.59. The third kappa shape index (κ3) is 2.92. The first kappa shape index (κ1) is 10.8. The van der Waals surface area contributed by atoms with Gasteiger partial charge in [-0.3, -0.25) is 4.79 Å². The highest BCUT2D eigenvalue weighted by atomic mass is 79.9. The van der Waals surface area contributed by atoms with E-state index in [1.807, 2.05) is 0 Å². The van der Waals surface area contributed by atoms with Gasteiger partial charge in [0.15, 0.2) is 11.5 Å². The molecule has 0 aliphatic carbocycles. The second-order valence-corrected chi connectivity index (χ2v) is 3.08. The van der Waals surface area contributed by atoms with Gasteiger partial charge in [0.2, 0.25) is 0 Å². The number of carbonyl (C=O) groups is 1. The van der Waals surface area contributed by atoms with Crippen LogP contribution in [0.15, 0.2) is 18.2 Å². The monoisotopic (exact) mass is 260 g/mol. The molecule has 14 heavy (non-hydrogen) atoms. The fourth-order valence-corrected chi connectivity index (χ4v) is 1.26. The molecule has 1 aromatic rings. The number of aliphatic carboxylic acids is 1. The van der Waals surface area contributed by atoms with Crippen LogP contribution in [0, 0.1) is 0 Å². The van der Waals surface area contributed by atoms with Crippen molar-refractivity contribution in [1.29, 1.82) is 0 Å². The van der Waals surface area contributed by atoms with Gasteiger partial charge in [-0.05, 0) is 33.6 Å². The highest BCUT2D eigenvalue weighted by Crippen LogP contribution is 2.27. The lowest BCUT2D eigenvalue weighted by molar-refractivity contribution is -0.136. The number of aromatic hydroxyl groups is 1. The zero-order valence-corrected chi connectivity index (χ0v) is 8.82. The Labute approximate surface area is 89.3 Å². The number of halogens is 1. The van der Waals surface area contributed by atoms with E-state index >= 15 is 0 Å². The van der Waals surface area contributed by atoms with Crippen LogP contribution in [0.1, 0.15) is 5.56 Å². The number of phenolic OH excluding ortho intramolecular Hbond substituents is 1. The number of phenols is 1. The normalized spacial score (nSPS) is 9.79. The Bertz CT molecular complexity index is 338. The van der Waals surface area contributed by atoms with Crippen molar-refractivity contribution in [2.75, 3.05) is 5.52 Å². The van der Waals surface area contributed by atoms with Crippen LogP contribution in [-0.2, 0) is 11.2 Å². The highest BCUT2D eigenvalue weighted by molar-refractivity contribution is 9.09. The molecule has 5 heteroatoms. The van der Waals surface area contributed by atoms with Gasteiger partial charge in [0, 0.05) is 0 Å². The number of alkyl halides is 1. The summed E-state index contributed by atoms with van der Waals surface area (Å²) >= 11 is 3.05. The van der Waals surface area contributed by atoms with E-state index in [9.17, 15) is 9.90 Å². The summed E-state index contributed by atoms with van der Waals surface area (Å²) in [5, 5.41) is 17.9. The zero-order valence-electron chi connectivity index (χ0n) is 7.24. The minimum absolute atomic E-state index is 0.00131. The molecular weight excluding hydrogens is 252 g/mol. The van der Waals surface area contributed by atoms with E-state index in [0.29, 0.717) is 5.56 Å². The largest absolute Gasteiger partial charge is 0.504 e. The fraction of sp³-hybridized carbons (Fsp3) is 0.222. The number of ether oxygens (including phenoxy) is 1. The molecule has 0 saturated heterocycles. The predicted octanol–water partition coefficient (Wildman–Crippen LogP) is 1.75. The van der Waals surface area contributed by atoms with Crippen molar-refractivity contribution in [3.05, 3.63) is 23.8 Å². The first-order chi connectivity index (χ1) is 6.63. The van der Waals surface area contributed by atoms with Gasteiger partial charge in [0.1, 0.15) is 5.52 Å². The lowest BCUT2D eigenvalue weighted by Gasteiger charge is -2.06. The summed E-state index contributed by atoms with van der Waals surface area (Å²) in [6, 6.07) is 4.46. The van der Waals surface area contributed by atoms with Gasteiger partial charge in [-0.2, -0.15) is 0 Å². The number of benzene rings is 1. The van der Waals surface area contributed by atoms with E-state index in [2.05, 4.69) is 15.9 Å². The van der Waals surface area contributed by atoms with Crippen LogP contribution in [-0.4, -0.2) is 21.7 Å². The minimum Gasteiger partial charge on any atom is -0.504 e. The summed E-state index contributed by atoms with van der Waals surface area (Å²) in [6.07, 6.45) is -0.0844. The first-order valence-corrected chi connectivity index (χ1v) is 4.98. The Balaban J connectivity index is 2.88. The predicted molar refractivity (Wildman–Crippen MR) is 53.9 cm³/mol. The highest BCUT2D eigenvalue weighted by Gasteiger charge is 2.06. The van der Waals surface area contributed by atoms with Crippen molar-refractivity contribution >= 4 is 21.9 Å². The van der Waals surface area contributed by atoms with Crippen molar-refractivity contribution in [1.82, 2.24) is 0 Å². The van der Waals surface area contributed by atoms with Gasteiger partial charge in [-0.25, -0.2) is 0 Å². The molecule has 0 amide bonds. The molecule has 2 N–H and O–H groups in total. The lowest BCUT2D eigenvalue weighted by atomic mass is 10.1. The van der Waals surface area contributed by atoms with E-state index in [1.165, 1.54) is 12.1 Å². The van der Waals surface area contributed by atoms with Gasteiger partial charge in [0.05, 0.1) is 6.42 Å². The smallest absolute Gasteiger partial charge is 0.307 e. The Kier molecular flexibility index (Phi) is 3.76. The van der Waals surface area contributed by atoms with Gasteiger partial charge in [0.25, 0.3) is 0 Å². The van der Waals surface area contributed by atoms with Crippen LogP contribution in [0.4, 0.5) is 0 Å². The molecule has 0 saturated carbocycles. The molecule has 0 aliphatic heterocycles. The Morgan fingerprint density at radius 2 is 2.21 bits per heavy atom. The Morgan fingerprint density at radius 1 is 1.50 bits per heavy atom. The molecule has 0 bridgehead atoms. The van der Waals surface area contributed by atoms with Crippen LogP contribution >= 0.6 is 15.9 Å². The van der Waals surface area contributed by atoms with Gasteiger partial charge in [-0.15, -0.1) is 0 Å². The van der Waals surface area contributed by atoms with E-state index < -0.39 is 5.97 Å². The summed E-state index contributed by atoms with van der Waals surface area (Å²) in [7, 11) is 0. The topological polar surface area (TPSA) is 66.8 Å². The number of rotatable bonds is 4. The second-order valence-electron chi connectivity index (χ2n) is 2.63. The van der Waals surface area contributed by atoms with E-state index in [0.717, 1.165) is 0 Å². The molecule has 76 valence electrons. The zero-order chi connectivity index (χ0) is 10.6. The lowest BCUT2D eigenvalue weighted by Crippen LogP contribution is -2.00. The molecule has 0 fully saturated rings. The molecule has 0 spiro atoms. The van der Waals surface area contributed by atoms with E-state index in [4.69, 9.17) is 9.84 Å².